The average molecular weight is 390 g/mol. The van der Waals surface area contributed by atoms with E-state index in [2.05, 4.69) is 21.4 Å². The van der Waals surface area contributed by atoms with Crippen LogP contribution in [-0.4, -0.2) is 11.8 Å². The third-order valence-corrected chi connectivity index (χ3v) is 5.26. The second-order valence-electron chi connectivity index (χ2n) is 4.55. The number of hydrazine groups is 1. The Morgan fingerprint density at radius 2 is 2.05 bits per heavy atom. The maximum atomic E-state index is 13.5. The average Bonchev–Trinajstić information content (AvgIpc) is 2.48. The summed E-state index contributed by atoms with van der Waals surface area (Å²) in [6.45, 7) is 0. The minimum Gasteiger partial charge on any atom is -0.271 e. The molecule has 0 saturated carbocycles. The molecule has 0 heterocycles. The molecule has 0 saturated heterocycles. The summed E-state index contributed by atoms with van der Waals surface area (Å²) in [4.78, 5) is 1.08. The van der Waals surface area contributed by atoms with E-state index in [1.54, 1.807) is 17.8 Å². The van der Waals surface area contributed by atoms with Crippen LogP contribution in [0.3, 0.4) is 0 Å². The van der Waals surface area contributed by atoms with Crippen molar-refractivity contribution in [3.05, 3.63) is 63.3 Å². The molecule has 2 nitrogen and oxygen atoms in total. The van der Waals surface area contributed by atoms with Crippen molar-refractivity contribution in [2.45, 2.75) is 17.4 Å². The van der Waals surface area contributed by atoms with E-state index in [4.69, 9.17) is 17.4 Å². The third kappa shape index (κ3) is 4.97. The van der Waals surface area contributed by atoms with Crippen molar-refractivity contribution in [2.24, 2.45) is 5.84 Å². The molecule has 1 atom stereocenters. The van der Waals surface area contributed by atoms with Gasteiger partial charge in [0.2, 0.25) is 0 Å². The normalized spacial score (nSPS) is 12.4. The first-order valence-corrected chi connectivity index (χ1v) is 8.53. The molecular weight excluding hydrogens is 375 g/mol. The molecule has 0 fully saturated rings. The molecule has 2 aromatic rings. The van der Waals surface area contributed by atoms with E-state index in [9.17, 15) is 4.39 Å². The largest absolute Gasteiger partial charge is 0.271 e. The smallest absolute Gasteiger partial charge is 0.137 e. The van der Waals surface area contributed by atoms with Gasteiger partial charge in [0.15, 0.2) is 0 Å². The van der Waals surface area contributed by atoms with E-state index >= 15 is 0 Å². The standard InChI is InChI=1S/C15H15BrClFN2S/c16-15-10(3-1-6-14(15)18)7-12(20-19)9-21-13-5-2-4-11(17)8-13/h1-6,8,12,20H,7,9,19H2. The van der Waals surface area contributed by atoms with E-state index in [1.165, 1.54) is 6.07 Å². The van der Waals surface area contributed by atoms with Gasteiger partial charge in [0.25, 0.3) is 0 Å². The molecular formula is C15H15BrClFN2S. The van der Waals surface area contributed by atoms with Gasteiger partial charge in [-0.05, 0) is 52.2 Å². The van der Waals surface area contributed by atoms with Crippen molar-refractivity contribution < 1.29 is 4.39 Å². The van der Waals surface area contributed by atoms with E-state index in [-0.39, 0.29) is 11.9 Å². The zero-order valence-corrected chi connectivity index (χ0v) is 14.3. The number of hydrogen-bond donors (Lipinski definition) is 2. The van der Waals surface area contributed by atoms with Gasteiger partial charge >= 0.3 is 0 Å². The topological polar surface area (TPSA) is 38.0 Å². The van der Waals surface area contributed by atoms with Crippen LogP contribution in [-0.2, 0) is 6.42 Å². The first-order chi connectivity index (χ1) is 10.1. The van der Waals surface area contributed by atoms with Gasteiger partial charge < -0.3 is 0 Å². The fraction of sp³-hybridized carbons (Fsp3) is 0.200. The number of halogens is 3. The second-order valence-corrected chi connectivity index (χ2v) is 6.87. The van der Waals surface area contributed by atoms with Crippen molar-refractivity contribution in [1.29, 1.82) is 0 Å². The molecule has 2 rings (SSSR count). The number of nitrogens with two attached hydrogens (primary N) is 1. The Labute approximate surface area is 141 Å². The summed E-state index contributed by atoms with van der Waals surface area (Å²) in [5.41, 5.74) is 3.68. The van der Waals surface area contributed by atoms with E-state index in [0.717, 1.165) is 16.2 Å². The molecule has 0 aliphatic heterocycles. The van der Waals surface area contributed by atoms with Crippen molar-refractivity contribution in [3.8, 4) is 0 Å². The van der Waals surface area contributed by atoms with Gasteiger partial charge in [-0.2, -0.15) is 0 Å². The van der Waals surface area contributed by atoms with Crippen molar-refractivity contribution in [2.75, 3.05) is 5.75 Å². The summed E-state index contributed by atoms with van der Waals surface area (Å²) < 4.78 is 14.0. The first-order valence-electron chi connectivity index (χ1n) is 6.37. The summed E-state index contributed by atoms with van der Waals surface area (Å²) >= 11 is 10.9. The van der Waals surface area contributed by atoms with Gasteiger partial charge in [0.05, 0.1) is 4.47 Å². The quantitative estimate of drug-likeness (QED) is 0.437. The number of thioether (sulfide) groups is 1. The highest BCUT2D eigenvalue weighted by Gasteiger charge is 2.12. The van der Waals surface area contributed by atoms with Crippen LogP contribution >= 0.6 is 39.3 Å². The van der Waals surface area contributed by atoms with Crippen LogP contribution in [0.5, 0.6) is 0 Å². The Kier molecular flexibility index (Phi) is 6.51. The third-order valence-electron chi connectivity index (χ3n) is 2.98. The Hall–Kier alpha value is -0.590. The van der Waals surface area contributed by atoms with Crippen molar-refractivity contribution >= 4 is 39.3 Å². The van der Waals surface area contributed by atoms with Crippen LogP contribution < -0.4 is 11.3 Å². The van der Waals surface area contributed by atoms with Gasteiger partial charge in [-0.25, -0.2) is 4.39 Å². The van der Waals surface area contributed by atoms with Crippen LogP contribution in [0.1, 0.15) is 5.56 Å². The maximum absolute atomic E-state index is 13.5. The molecule has 21 heavy (non-hydrogen) atoms. The minimum absolute atomic E-state index is 0.0343. The first kappa shape index (κ1) is 16.8. The summed E-state index contributed by atoms with van der Waals surface area (Å²) in [5.74, 6) is 6.11. The number of hydrogen-bond acceptors (Lipinski definition) is 3. The molecule has 0 bridgehead atoms. The van der Waals surface area contributed by atoms with Crippen LogP contribution in [0.25, 0.3) is 0 Å². The SMILES string of the molecule is NNC(CSc1cccc(Cl)c1)Cc1cccc(F)c1Br. The highest BCUT2D eigenvalue weighted by molar-refractivity contribution is 9.10. The van der Waals surface area contributed by atoms with Crippen LogP contribution in [0.4, 0.5) is 4.39 Å². The summed E-state index contributed by atoms with van der Waals surface area (Å²) in [6, 6.07) is 12.7. The van der Waals surface area contributed by atoms with Crippen molar-refractivity contribution in [1.82, 2.24) is 5.43 Å². The molecule has 0 aliphatic carbocycles. The summed E-state index contributed by atoms with van der Waals surface area (Å²) in [7, 11) is 0. The number of rotatable bonds is 6. The number of nitrogens with one attached hydrogen (secondary N) is 1. The molecule has 0 aromatic heterocycles. The fourth-order valence-corrected chi connectivity index (χ4v) is 3.57. The maximum Gasteiger partial charge on any atom is 0.137 e. The molecule has 0 amide bonds. The lowest BCUT2D eigenvalue weighted by Gasteiger charge is -2.16. The van der Waals surface area contributed by atoms with Gasteiger partial charge in [-0.15, -0.1) is 11.8 Å². The highest BCUT2D eigenvalue weighted by atomic mass is 79.9. The van der Waals surface area contributed by atoms with Crippen LogP contribution in [0.15, 0.2) is 51.8 Å². The number of benzene rings is 2. The molecule has 6 heteroatoms. The molecule has 0 radical (unpaired) electrons. The zero-order chi connectivity index (χ0) is 15.2. The molecule has 112 valence electrons. The summed E-state index contributed by atoms with van der Waals surface area (Å²) in [5, 5.41) is 0.713. The Morgan fingerprint density at radius 3 is 2.76 bits per heavy atom. The molecule has 0 aliphatic rings. The van der Waals surface area contributed by atoms with E-state index in [0.29, 0.717) is 15.9 Å². The Bertz CT molecular complexity index is 612. The lowest BCUT2D eigenvalue weighted by atomic mass is 10.1. The second kappa shape index (κ2) is 8.15. The molecule has 1 unspecified atom stereocenters. The molecule has 0 spiro atoms. The van der Waals surface area contributed by atoms with E-state index in [1.807, 2.05) is 30.3 Å². The minimum atomic E-state index is -0.259. The zero-order valence-electron chi connectivity index (χ0n) is 11.2. The van der Waals surface area contributed by atoms with Crippen molar-refractivity contribution in [3.63, 3.8) is 0 Å². The molecule has 3 N–H and O–H groups in total. The van der Waals surface area contributed by atoms with Gasteiger partial charge in [0, 0.05) is 21.7 Å². The van der Waals surface area contributed by atoms with Crippen LogP contribution in [0, 0.1) is 5.82 Å². The monoisotopic (exact) mass is 388 g/mol. The Balaban J connectivity index is 1.99. The molecule has 2 aromatic carbocycles. The predicted molar refractivity (Wildman–Crippen MR) is 91.1 cm³/mol. The van der Waals surface area contributed by atoms with Gasteiger partial charge in [0.1, 0.15) is 5.82 Å². The lowest BCUT2D eigenvalue weighted by Crippen LogP contribution is -2.38. The fourth-order valence-electron chi connectivity index (χ4n) is 1.89. The van der Waals surface area contributed by atoms with Gasteiger partial charge in [-0.1, -0.05) is 29.8 Å². The predicted octanol–water partition coefficient (Wildman–Crippen LogP) is 4.41. The highest BCUT2D eigenvalue weighted by Crippen LogP contribution is 2.25. The Morgan fingerprint density at radius 1 is 1.29 bits per heavy atom. The van der Waals surface area contributed by atoms with E-state index < -0.39 is 0 Å². The van der Waals surface area contributed by atoms with Gasteiger partial charge in [-0.3, -0.25) is 11.3 Å². The summed E-state index contributed by atoms with van der Waals surface area (Å²) in [6.07, 6.45) is 0.641. The lowest BCUT2D eigenvalue weighted by molar-refractivity contribution is 0.568. The van der Waals surface area contributed by atoms with Crippen LogP contribution in [0.2, 0.25) is 5.02 Å².